The third-order valence-electron chi connectivity index (χ3n) is 6.54. The number of nitrogens with zero attached hydrogens (tertiary/aromatic N) is 1. The third kappa shape index (κ3) is 5.38. The molecule has 0 saturated carbocycles. The van der Waals surface area contributed by atoms with E-state index in [-0.39, 0.29) is 24.3 Å². The van der Waals surface area contributed by atoms with E-state index < -0.39 is 17.7 Å². The number of aliphatic carboxylic acids is 1. The Morgan fingerprint density at radius 1 is 1.12 bits per heavy atom. The van der Waals surface area contributed by atoms with Crippen molar-refractivity contribution >= 4 is 5.97 Å². The van der Waals surface area contributed by atoms with Crippen molar-refractivity contribution in [2.75, 3.05) is 0 Å². The van der Waals surface area contributed by atoms with Gasteiger partial charge >= 0.3 is 12.1 Å². The highest BCUT2D eigenvalue weighted by Crippen LogP contribution is 2.42. The number of halogens is 3. The van der Waals surface area contributed by atoms with Gasteiger partial charge in [0.1, 0.15) is 0 Å². The number of aromatic nitrogens is 1. The first kappa shape index (κ1) is 24.4. The molecule has 0 amide bonds. The van der Waals surface area contributed by atoms with Crippen LogP contribution >= 0.6 is 0 Å². The van der Waals surface area contributed by atoms with Crippen molar-refractivity contribution in [1.29, 1.82) is 0 Å². The Balaban J connectivity index is 2.15. The fourth-order valence-corrected chi connectivity index (χ4v) is 4.98. The van der Waals surface area contributed by atoms with E-state index in [0.29, 0.717) is 5.92 Å². The Labute approximate surface area is 188 Å². The molecule has 176 valence electrons. The molecule has 0 radical (unpaired) electrons. The van der Waals surface area contributed by atoms with E-state index in [1.807, 2.05) is 0 Å². The van der Waals surface area contributed by atoms with Crippen LogP contribution < -0.4 is 0 Å². The Hall–Kier alpha value is -2.24. The van der Waals surface area contributed by atoms with E-state index >= 15 is 0 Å². The molecule has 0 spiro atoms. The monoisotopic (exact) mass is 449 g/mol. The van der Waals surface area contributed by atoms with E-state index in [0.717, 1.165) is 61.2 Å². The van der Waals surface area contributed by atoms with E-state index in [9.17, 15) is 23.1 Å². The number of hydrogen-bond acceptors (Lipinski definition) is 1. The van der Waals surface area contributed by atoms with Gasteiger partial charge in [-0.1, -0.05) is 39.8 Å². The van der Waals surface area contributed by atoms with Gasteiger partial charge in [-0.05, 0) is 73.3 Å². The number of benzene rings is 1. The van der Waals surface area contributed by atoms with Crippen LogP contribution in [0.3, 0.4) is 0 Å². The Bertz CT molecular complexity index is 926. The lowest BCUT2D eigenvalue weighted by Crippen LogP contribution is -2.23. The van der Waals surface area contributed by atoms with Crippen molar-refractivity contribution in [2.45, 2.75) is 90.3 Å². The summed E-state index contributed by atoms with van der Waals surface area (Å²) in [5.41, 5.74) is 3.62. The zero-order valence-corrected chi connectivity index (χ0v) is 19.4. The molecule has 2 unspecified atom stereocenters. The number of hydrogen-bond donors (Lipinski definition) is 1. The summed E-state index contributed by atoms with van der Waals surface area (Å²) >= 11 is 0. The standard InChI is InChI=1S/C26H34F3NO2/c1-16(2)8-13-22(18-9-11-21(12-10-18)26(27,28)29)30-23(17(3)4)14-19-6-5-7-20(25(19)30)15-24(31)32/h9-12,14,16-17,20,22H,5-8,13,15H2,1-4H3,(H,31,32). The Morgan fingerprint density at radius 2 is 1.78 bits per heavy atom. The van der Waals surface area contributed by atoms with Gasteiger partial charge in [-0.2, -0.15) is 13.2 Å². The first-order valence-corrected chi connectivity index (χ1v) is 11.6. The van der Waals surface area contributed by atoms with Crippen LogP contribution in [-0.4, -0.2) is 15.6 Å². The molecule has 3 rings (SSSR count). The molecule has 0 aliphatic heterocycles. The lowest BCUT2D eigenvalue weighted by molar-refractivity contribution is -0.138. The van der Waals surface area contributed by atoms with Crippen LogP contribution in [0.15, 0.2) is 30.3 Å². The number of carboxylic acid groups (broad SMARTS) is 1. The van der Waals surface area contributed by atoms with Crippen LogP contribution in [0.5, 0.6) is 0 Å². The minimum Gasteiger partial charge on any atom is -0.481 e. The topological polar surface area (TPSA) is 42.2 Å². The van der Waals surface area contributed by atoms with Crippen molar-refractivity contribution in [3.05, 3.63) is 58.4 Å². The number of alkyl halides is 3. The Morgan fingerprint density at radius 3 is 2.31 bits per heavy atom. The van der Waals surface area contributed by atoms with Crippen LogP contribution in [0.25, 0.3) is 0 Å². The van der Waals surface area contributed by atoms with Crippen molar-refractivity contribution in [3.63, 3.8) is 0 Å². The van der Waals surface area contributed by atoms with Crippen molar-refractivity contribution in [1.82, 2.24) is 4.57 Å². The molecule has 1 heterocycles. The first-order valence-electron chi connectivity index (χ1n) is 11.6. The number of fused-ring (bicyclic) bond motifs is 1. The smallest absolute Gasteiger partial charge is 0.416 e. The predicted molar refractivity (Wildman–Crippen MR) is 120 cm³/mol. The van der Waals surface area contributed by atoms with E-state index in [4.69, 9.17) is 0 Å². The summed E-state index contributed by atoms with van der Waals surface area (Å²) in [5, 5.41) is 9.52. The van der Waals surface area contributed by atoms with Crippen LogP contribution in [0.1, 0.15) is 106 Å². The predicted octanol–water partition coefficient (Wildman–Crippen LogP) is 7.55. The normalized spacial score (nSPS) is 17.6. The summed E-state index contributed by atoms with van der Waals surface area (Å²) in [6.07, 6.45) is 0.145. The molecule has 32 heavy (non-hydrogen) atoms. The molecule has 0 fully saturated rings. The SMILES string of the molecule is CC(C)CCC(c1ccc(C(F)(F)F)cc1)n1c(C(C)C)cc2c1C(CC(=O)O)CCC2. The maximum atomic E-state index is 13.2. The van der Waals surface area contributed by atoms with Gasteiger partial charge in [-0.15, -0.1) is 0 Å². The lowest BCUT2D eigenvalue weighted by Gasteiger charge is -2.31. The fourth-order valence-electron chi connectivity index (χ4n) is 4.98. The van der Waals surface area contributed by atoms with Gasteiger partial charge in [-0.3, -0.25) is 4.79 Å². The maximum Gasteiger partial charge on any atom is 0.416 e. The van der Waals surface area contributed by atoms with E-state index in [1.54, 1.807) is 12.1 Å². The van der Waals surface area contributed by atoms with Gasteiger partial charge in [0.25, 0.3) is 0 Å². The summed E-state index contributed by atoms with van der Waals surface area (Å²) in [6.45, 7) is 8.53. The highest BCUT2D eigenvalue weighted by atomic mass is 19.4. The van der Waals surface area contributed by atoms with Crippen LogP contribution in [0.2, 0.25) is 0 Å². The fraction of sp³-hybridized carbons (Fsp3) is 0.577. The number of carbonyl (C=O) groups is 1. The average molecular weight is 450 g/mol. The zero-order valence-electron chi connectivity index (χ0n) is 19.4. The molecule has 3 nitrogen and oxygen atoms in total. The highest BCUT2D eigenvalue weighted by Gasteiger charge is 2.33. The summed E-state index contributed by atoms with van der Waals surface area (Å²) in [4.78, 5) is 11.6. The quantitative estimate of drug-likeness (QED) is 0.452. The van der Waals surface area contributed by atoms with Crippen molar-refractivity contribution in [2.24, 2.45) is 5.92 Å². The molecular formula is C26H34F3NO2. The molecular weight excluding hydrogens is 415 g/mol. The second-order valence-corrected chi connectivity index (χ2v) is 9.80. The van der Waals surface area contributed by atoms with Crippen LogP contribution in [0.4, 0.5) is 13.2 Å². The Kier molecular flexibility index (Phi) is 7.41. The summed E-state index contributed by atoms with van der Waals surface area (Å²) < 4.78 is 41.8. The molecule has 1 aromatic carbocycles. The van der Waals surface area contributed by atoms with Crippen LogP contribution in [-0.2, 0) is 17.4 Å². The second kappa shape index (κ2) is 9.72. The van der Waals surface area contributed by atoms with Gasteiger partial charge in [0.05, 0.1) is 18.0 Å². The van der Waals surface area contributed by atoms with E-state index in [1.165, 1.54) is 5.56 Å². The van der Waals surface area contributed by atoms with Gasteiger partial charge in [-0.25, -0.2) is 0 Å². The zero-order chi connectivity index (χ0) is 23.6. The number of carboxylic acids is 1. The minimum absolute atomic E-state index is 0.0697. The average Bonchev–Trinajstić information content (AvgIpc) is 3.08. The molecule has 1 aliphatic rings. The first-order chi connectivity index (χ1) is 15.0. The summed E-state index contributed by atoms with van der Waals surface area (Å²) in [7, 11) is 0. The van der Waals surface area contributed by atoms with Gasteiger partial charge in [0.2, 0.25) is 0 Å². The van der Waals surface area contributed by atoms with E-state index in [2.05, 4.69) is 38.3 Å². The molecule has 0 saturated heterocycles. The van der Waals surface area contributed by atoms with Gasteiger partial charge in [0, 0.05) is 17.3 Å². The number of rotatable bonds is 8. The van der Waals surface area contributed by atoms with Crippen LogP contribution in [0, 0.1) is 5.92 Å². The summed E-state index contributed by atoms with van der Waals surface area (Å²) in [6, 6.07) is 7.61. The third-order valence-corrected chi connectivity index (χ3v) is 6.54. The lowest BCUT2D eigenvalue weighted by atomic mass is 9.85. The molecule has 2 aromatic rings. The van der Waals surface area contributed by atoms with Crippen molar-refractivity contribution in [3.8, 4) is 0 Å². The van der Waals surface area contributed by atoms with Crippen molar-refractivity contribution < 1.29 is 23.1 Å². The molecule has 1 N–H and O–H groups in total. The molecule has 0 bridgehead atoms. The molecule has 1 aliphatic carbocycles. The second-order valence-electron chi connectivity index (χ2n) is 9.80. The van der Waals surface area contributed by atoms with Gasteiger partial charge < -0.3 is 9.67 Å². The van der Waals surface area contributed by atoms with Gasteiger partial charge in [0.15, 0.2) is 0 Å². The maximum absolute atomic E-state index is 13.2. The summed E-state index contributed by atoms with van der Waals surface area (Å²) in [5.74, 6) is -0.201. The number of aryl methyl sites for hydroxylation is 1. The molecule has 6 heteroatoms. The largest absolute Gasteiger partial charge is 0.481 e. The molecule has 2 atom stereocenters. The highest BCUT2D eigenvalue weighted by molar-refractivity contribution is 5.68. The minimum atomic E-state index is -4.37. The molecule has 1 aromatic heterocycles.